The van der Waals surface area contributed by atoms with E-state index < -0.39 is 10.3 Å². The summed E-state index contributed by atoms with van der Waals surface area (Å²) >= 11 is 5.04. The molecule has 13 heteroatoms. The van der Waals surface area contributed by atoms with Gasteiger partial charge in [0.05, 0.1) is 27.7 Å². The Kier molecular flexibility index (Phi) is 10.2. The predicted octanol–water partition coefficient (Wildman–Crippen LogP) is 6.78. The first-order valence-electron chi connectivity index (χ1n) is 13.6. The summed E-state index contributed by atoms with van der Waals surface area (Å²) in [5.74, 6) is 1.46. The molecule has 5 rings (SSSR count). The van der Waals surface area contributed by atoms with Crippen LogP contribution in [0.4, 0.5) is 15.9 Å². The van der Waals surface area contributed by atoms with E-state index in [0.717, 1.165) is 37.4 Å². The average molecular weight is 699 g/mol. The summed E-state index contributed by atoms with van der Waals surface area (Å²) in [6.45, 7) is 4.64. The van der Waals surface area contributed by atoms with Gasteiger partial charge in [-0.2, -0.15) is 8.42 Å². The first-order chi connectivity index (χ1) is 21.2. The molecule has 0 aliphatic heterocycles. The van der Waals surface area contributed by atoms with Crippen LogP contribution >= 0.6 is 27.3 Å². The van der Waals surface area contributed by atoms with E-state index in [1.807, 2.05) is 55.6 Å². The number of halogens is 2. The molecule has 2 N–H and O–H groups in total. The highest BCUT2D eigenvalue weighted by Crippen LogP contribution is 2.37. The number of aromatic nitrogens is 3. The van der Waals surface area contributed by atoms with Gasteiger partial charge in [0.25, 0.3) is 0 Å². The van der Waals surface area contributed by atoms with Crippen LogP contribution in [0.2, 0.25) is 0 Å². The number of nitrogens with zero attached hydrogens (tertiary/aromatic N) is 3. The molecule has 0 fully saturated rings. The van der Waals surface area contributed by atoms with Gasteiger partial charge >= 0.3 is 0 Å². The van der Waals surface area contributed by atoms with Gasteiger partial charge in [-0.25, -0.2) is 19.3 Å². The van der Waals surface area contributed by atoms with Crippen LogP contribution in [0.5, 0.6) is 11.5 Å². The molecule has 2 aromatic heterocycles. The summed E-state index contributed by atoms with van der Waals surface area (Å²) in [4.78, 5) is 14.1. The van der Waals surface area contributed by atoms with Gasteiger partial charge in [-0.1, -0.05) is 26.0 Å². The number of rotatable bonds is 12. The topological polar surface area (TPSA) is 115 Å². The van der Waals surface area contributed by atoms with Crippen molar-refractivity contribution in [3.63, 3.8) is 0 Å². The molecule has 0 saturated heterocycles. The van der Waals surface area contributed by atoms with Gasteiger partial charge < -0.3 is 20.1 Å². The maximum absolute atomic E-state index is 13.5. The minimum atomic E-state index is -2.23. The van der Waals surface area contributed by atoms with Crippen molar-refractivity contribution in [3.05, 3.63) is 87.2 Å². The van der Waals surface area contributed by atoms with Gasteiger partial charge in [-0.05, 0) is 63.8 Å². The molecule has 44 heavy (non-hydrogen) atoms. The Morgan fingerprint density at radius 2 is 1.93 bits per heavy atom. The molecule has 0 spiro atoms. The second-order valence-corrected chi connectivity index (χ2v) is 12.9. The maximum Gasteiger partial charge on any atom is 0.214 e. The molecular weight excluding hydrogens is 669 g/mol. The van der Waals surface area contributed by atoms with E-state index in [4.69, 9.17) is 14.5 Å². The van der Waals surface area contributed by atoms with E-state index in [9.17, 15) is 12.8 Å². The standard InChI is InChI=1S/C31H29BrFN5O4S2/c1-18(2)29(44(39)40)13-34-14-30-38-26(16-43-30)22-11-23-25(12-28(22)41-3)35-17-36-31(23)37-21-7-8-27(24(32)10-21)42-15-19-5-4-6-20(33)9-19/h4-12,16-18,34H,13-15H2,1-3H3,(H,35,36,37). The minimum Gasteiger partial charge on any atom is -0.496 e. The van der Waals surface area contributed by atoms with E-state index in [1.54, 1.807) is 13.2 Å². The number of fused-ring (bicyclic) bond motifs is 1. The Balaban J connectivity index is 1.35. The van der Waals surface area contributed by atoms with Gasteiger partial charge in [0.2, 0.25) is 10.3 Å². The fraction of sp³-hybridized carbons (Fsp3) is 0.226. The Labute approximate surface area is 268 Å². The van der Waals surface area contributed by atoms with Crippen molar-refractivity contribution in [1.29, 1.82) is 0 Å². The summed E-state index contributed by atoms with van der Waals surface area (Å²) in [5, 5.41) is 10.1. The number of anilines is 2. The fourth-order valence-electron chi connectivity index (χ4n) is 4.44. The summed E-state index contributed by atoms with van der Waals surface area (Å²) in [6.07, 6.45) is 1.49. The van der Waals surface area contributed by atoms with Gasteiger partial charge in [0, 0.05) is 41.2 Å². The summed E-state index contributed by atoms with van der Waals surface area (Å²) in [6, 6.07) is 15.7. The molecule has 0 atom stereocenters. The number of thiazole rings is 1. The Morgan fingerprint density at radius 3 is 2.66 bits per heavy atom. The lowest BCUT2D eigenvalue weighted by Gasteiger charge is -2.13. The van der Waals surface area contributed by atoms with Crippen molar-refractivity contribution >= 4 is 64.8 Å². The van der Waals surface area contributed by atoms with Crippen LogP contribution in [0.25, 0.3) is 22.2 Å². The average Bonchev–Trinajstić information content (AvgIpc) is 3.47. The molecule has 9 nitrogen and oxygen atoms in total. The van der Waals surface area contributed by atoms with E-state index in [1.165, 1.54) is 29.8 Å². The lowest BCUT2D eigenvalue weighted by Crippen LogP contribution is -2.26. The van der Waals surface area contributed by atoms with Crippen molar-refractivity contribution in [2.75, 3.05) is 19.0 Å². The monoisotopic (exact) mass is 697 g/mol. The Bertz CT molecular complexity index is 1940. The highest BCUT2D eigenvalue weighted by Gasteiger charge is 2.16. The van der Waals surface area contributed by atoms with Crippen LogP contribution in [-0.4, -0.2) is 41.9 Å². The van der Waals surface area contributed by atoms with Gasteiger partial charge in [-0.15, -0.1) is 11.3 Å². The second-order valence-electron chi connectivity index (χ2n) is 10.1. The lowest BCUT2D eigenvalue weighted by molar-refractivity contribution is 0.303. The van der Waals surface area contributed by atoms with E-state index in [-0.39, 0.29) is 24.9 Å². The van der Waals surface area contributed by atoms with E-state index >= 15 is 0 Å². The smallest absolute Gasteiger partial charge is 0.214 e. The molecule has 0 unspecified atom stereocenters. The van der Waals surface area contributed by atoms with Crippen LogP contribution in [0.1, 0.15) is 24.4 Å². The number of methoxy groups -OCH3 is 1. The molecule has 228 valence electrons. The van der Waals surface area contributed by atoms with Crippen molar-refractivity contribution in [2.24, 2.45) is 5.92 Å². The van der Waals surface area contributed by atoms with Crippen LogP contribution in [0.3, 0.4) is 0 Å². The van der Waals surface area contributed by atoms with Gasteiger partial charge in [-0.3, -0.25) is 0 Å². The number of hydrogen-bond acceptors (Lipinski definition) is 10. The quantitative estimate of drug-likeness (QED) is 0.136. The first-order valence-corrected chi connectivity index (χ1v) is 16.3. The Morgan fingerprint density at radius 1 is 1.09 bits per heavy atom. The van der Waals surface area contributed by atoms with Crippen molar-refractivity contribution < 1.29 is 22.3 Å². The molecular formula is C31H29BrFN5O4S2. The van der Waals surface area contributed by atoms with E-state index in [0.29, 0.717) is 34.2 Å². The third-order valence-corrected chi connectivity index (χ3v) is 9.21. The first kappa shape index (κ1) is 31.5. The third kappa shape index (κ3) is 7.59. The van der Waals surface area contributed by atoms with Crippen LogP contribution in [0.15, 0.2) is 70.8 Å². The summed E-state index contributed by atoms with van der Waals surface area (Å²) in [5.41, 5.74) is 3.70. The molecule has 0 bridgehead atoms. The number of hydrogen-bond donors (Lipinski definition) is 2. The normalized spacial score (nSPS) is 11.1. The van der Waals surface area contributed by atoms with Crippen molar-refractivity contribution in [1.82, 2.24) is 20.3 Å². The van der Waals surface area contributed by atoms with Crippen LogP contribution in [0, 0.1) is 11.7 Å². The number of benzene rings is 3. The van der Waals surface area contributed by atoms with Crippen molar-refractivity contribution in [3.8, 4) is 22.8 Å². The fourth-order valence-corrected chi connectivity index (χ4v) is 6.30. The highest BCUT2D eigenvalue weighted by atomic mass is 79.9. The second kappa shape index (κ2) is 14.2. The van der Waals surface area contributed by atoms with Crippen LogP contribution < -0.4 is 20.1 Å². The maximum atomic E-state index is 13.5. The summed E-state index contributed by atoms with van der Waals surface area (Å²) in [7, 11) is -0.631. The molecule has 0 aliphatic rings. The van der Waals surface area contributed by atoms with E-state index in [2.05, 4.69) is 36.5 Å². The lowest BCUT2D eigenvalue weighted by atomic mass is 10.1. The molecule has 2 heterocycles. The zero-order valence-electron chi connectivity index (χ0n) is 24.1. The highest BCUT2D eigenvalue weighted by molar-refractivity contribution is 9.10. The molecule has 0 saturated carbocycles. The number of ether oxygens (including phenoxy) is 2. The predicted molar refractivity (Wildman–Crippen MR) is 176 cm³/mol. The minimum absolute atomic E-state index is 0.0706. The summed E-state index contributed by atoms with van der Waals surface area (Å²) < 4.78 is 48.7. The molecule has 0 aliphatic carbocycles. The zero-order chi connectivity index (χ0) is 31.2. The van der Waals surface area contributed by atoms with Gasteiger partial charge in [0.1, 0.15) is 41.1 Å². The molecule has 3 aromatic carbocycles. The molecule has 5 aromatic rings. The third-order valence-electron chi connectivity index (χ3n) is 6.70. The number of nitrogens with one attached hydrogen (secondary N) is 2. The van der Waals surface area contributed by atoms with Crippen molar-refractivity contribution in [2.45, 2.75) is 27.0 Å². The van der Waals surface area contributed by atoms with Gasteiger partial charge in [0.15, 0.2) is 0 Å². The largest absolute Gasteiger partial charge is 0.496 e. The Hall–Kier alpha value is -3.91. The van der Waals surface area contributed by atoms with Crippen LogP contribution in [-0.2, 0) is 23.4 Å². The zero-order valence-corrected chi connectivity index (χ0v) is 27.3. The molecule has 0 radical (unpaired) electrons. The SMILES string of the molecule is COc1cc2ncnc(Nc3ccc(OCc4cccc(F)c4)c(Br)c3)c2cc1-c1csc(CNCC(C(C)C)=S(=O)=O)n1. The molecule has 0 amide bonds.